The molecular weight excluding hydrogens is 226 g/mol. The van der Waals surface area contributed by atoms with Gasteiger partial charge in [0, 0.05) is 6.20 Å². The van der Waals surface area contributed by atoms with Crippen molar-refractivity contribution in [1.29, 1.82) is 0 Å². The van der Waals surface area contributed by atoms with Gasteiger partial charge >= 0.3 is 0 Å². The first-order chi connectivity index (χ1) is 7.25. The molecule has 2 aromatic rings. The minimum Gasteiger partial charge on any atom is -0.388 e. The SMILES string of the molecule is Cc1ncc(C(O)CCc2ccsc2)s1. The smallest absolute Gasteiger partial charge is 0.0901 e. The molecule has 0 fully saturated rings. The Morgan fingerprint density at radius 2 is 2.40 bits per heavy atom. The standard InChI is InChI=1S/C11H13NOS2/c1-8-12-6-11(15-8)10(13)3-2-9-4-5-14-7-9/h4-7,10,13H,2-3H2,1H3. The van der Waals surface area contributed by atoms with Crippen molar-refractivity contribution in [2.45, 2.75) is 25.9 Å². The van der Waals surface area contributed by atoms with Gasteiger partial charge in [0.1, 0.15) is 0 Å². The minimum atomic E-state index is -0.365. The van der Waals surface area contributed by atoms with Crippen LogP contribution in [-0.2, 0) is 6.42 Å². The summed E-state index contributed by atoms with van der Waals surface area (Å²) in [6.45, 7) is 1.96. The molecule has 1 N–H and O–H groups in total. The summed E-state index contributed by atoms with van der Waals surface area (Å²) in [6.07, 6.45) is 3.12. The van der Waals surface area contributed by atoms with E-state index in [0.717, 1.165) is 22.7 Å². The molecule has 0 aliphatic heterocycles. The van der Waals surface area contributed by atoms with E-state index < -0.39 is 0 Å². The molecule has 2 rings (SSSR count). The Bertz CT molecular complexity index is 408. The van der Waals surface area contributed by atoms with Crippen molar-refractivity contribution < 1.29 is 5.11 Å². The molecular formula is C11H13NOS2. The number of nitrogens with zero attached hydrogens (tertiary/aromatic N) is 1. The Morgan fingerprint density at radius 3 is 3.00 bits per heavy atom. The van der Waals surface area contributed by atoms with Crippen LogP contribution < -0.4 is 0 Å². The van der Waals surface area contributed by atoms with Gasteiger partial charge in [0.2, 0.25) is 0 Å². The van der Waals surface area contributed by atoms with Crippen LogP contribution in [-0.4, -0.2) is 10.1 Å². The van der Waals surface area contributed by atoms with Crippen LogP contribution in [0, 0.1) is 6.92 Å². The van der Waals surface area contributed by atoms with E-state index in [2.05, 4.69) is 21.8 Å². The molecule has 0 radical (unpaired) electrons. The summed E-state index contributed by atoms with van der Waals surface area (Å²) in [5.41, 5.74) is 1.31. The molecule has 0 bridgehead atoms. The van der Waals surface area contributed by atoms with Crippen molar-refractivity contribution in [2.75, 3.05) is 0 Å². The Kier molecular flexibility index (Phi) is 3.51. The number of hydrogen-bond acceptors (Lipinski definition) is 4. The third kappa shape index (κ3) is 2.87. The lowest BCUT2D eigenvalue weighted by atomic mass is 10.1. The molecule has 2 aromatic heterocycles. The summed E-state index contributed by atoms with van der Waals surface area (Å²) in [5, 5.41) is 15.1. The second-order valence-electron chi connectivity index (χ2n) is 3.47. The molecule has 0 saturated carbocycles. The molecule has 0 amide bonds. The third-order valence-corrected chi connectivity index (χ3v) is 4.00. The van der Waals surface area contributed by atoms with Crippen molar-refractivity contribution in [3.05, 3.63) is 38.5 Å². The summed E-state index contributed by atoms with van der Waals surface area (Å²) in [6, 6.07) is 2.11. The molecule has 4 heteroatoms. The molecule has 0 aromatic carbocycles. The van der Waals surface area contributed by atoms with Gasteiger partial charge < -0.3 is 5.11 Å². The quantitative estimate of drug-likeness (QED) is 0.889. The average molecular weight is 239 g/mol. The number of rotatable bonds is 4. The van der Waals surface area contributed by atoms with Gasteiger partial charge in [-0.3, -0.25) is 0 Å². The number of hydrogen-bond donors (Lipinski definition) is 1. The molecule has 0 saturated heterocycles. The molecule has 0 aliphatic rings. The van der Waals surface area contributed by atoms with Crippen molar-refractivity contribution in [3.63, 3.8) is 0 Å². The van der Waals surface area contributed by atoms with Gasteiger partial charge in [-0.1, -0.05) is 0 Å². The Morgan fingerprint density at radius 1 is 1.53 bits per heavy atom. The maximum atomic E-state index is 9.91. The highest BCUT2D eigenvalue weighted by Gasteiger charge is 2.10. The predicted octanol–water partition coefficient (Wildman–Crippen LogP) is 3.18. The maximum Gasteiger partial charge on any atom is 0.0901 e. The fourth-order valence-corrected chi connectivity index (χ4v) is 2.92. The van der Waals surface area contributed by atoms with Gasteiger partial charge in [-0.25, -0.2) is 4.98 Å². The monoisotopic (exact) mass is 239 g/mol. The van der Waals surface area contributed by atoms with Gasteiger partial charge in [-0.2, -0.15) is 11.3 Å². The van der Waals surface area contributed by atoms with E-state index in [4.69, 9.17) is 0 Å². The van der Waals surface area contributed by atoms with E-state index in [1.807, 2.05) is 6.92 Å². The van der Waals surface area contributed by atoms with E-state index in [1.54, 1.807) is 28.9 Å². The summed E-state index contributed by atoms with van der Waals surface area (Å²) in [7, 11) is 0. The highest BCUT2D eigenvalue weighted by molar-refractivity contribution is 7.11. The van der Waals surface area contributed by atoms with Crippen molar-refractivity contribution in [2.24, 2.45) is 0 Å². The van der Waals surface area contributed by atoms with Crippen LogP contribution in [0.3, 0.4) is 0 Å². The van der Waals surface area contributed by atoms with E-state index in [1.165, 1.54) is 5.56 Å². The van der Waals surface area contributed by atoms with E-state index in [9.17, 15) is 5.11 Å². The zero-order chi connectivity index (χ0) is 10.7. The third-order valence-electron chi connectivity index (χ3n) is 2.25. The zero-order valence-electron chi connectivity index (χ0n) is 8.51. The lowest BCUT2D eigenvalue weighted by molar-refractivity contribution is 0.171. The second kappa shape index (κ2) is 4.88. The van der Waals surface area contributed by atoms with Crippen LogP contribution in [0.1, 0.15) is 28.0 Å². The lowest BCUT2D eigenvalue weighted by Crippen LogP contribution is -1.96. The Hall–Kier alpha value is -0.710. The lowest BCUT2D eigenvalue weighted by Gasteiger charge is -2.06. The Labute approximate surface area is 97.2 Å². The van der Waals surface area contributed by atoms with E-state index in [-0.39, 0.29) is 6.10 Å². The van der Waals surface area contributed by atoms with Gasteiger partial charge in [0.25, 0.3) is 0 Å². The van der Waals surface area contributed by atoms with Crippen LogP contribution in [0.4, 0.5) is 0 Å². The molecule has 1 atom stereocenters. The summed E-state index contributed by atoms with van der Waals surface area (Å²) < 4.78 is 0. The first kappa shape index (κ1) is 10.8. The highest BCUT2D eigenvalue weighted by Crippen LogP contribution is 2.24. The van der Waals surface area contributed by atoms with Crippen LogP contribution in [0.5, 0.6) is 0 Å². The molecule has 80 valence electrons. The minimum absolute atomic E-state index is 0.365. The summed E-state index contributed by atoms with van der Waals surface area (Å²) in [5.74, 6) is 0. The number of thiazole rings is 1. The van der Waals surface area contributed by atoms with Gasteiger partial charge in [0.05, 0.1) is 16.0 Å². The number of thiophene rings is 1. The zero-order valence-corrected chi connectivity index (χ0v) is 10.1. The number of aliphatic hydroxyl groups is 1. The number of aryl methyl sites for hydroxylation is 2. The van der Waals surface area contributed by atoms with Crippen LogP contribution >= 0.6 is 22.7 Å². The summed E-state index contributed by atoms with van der Waals surface area (Å²) >= 11 is 3.27. The molecule has 15 heavy (non-hydrogen) atoms. The summed E-state index contributed by atoms with van der Waals surface area (Å²) in [4.78, 5) is 5.12. The molecule has 0 spiro atoms. The van der Waals surface area contributed by atoms with Crippen molar-refractivity contribution in [3.8, 4) is 0 Å². The van der Waals surface area contributed by atoms with Gasteiger partial charge in [0.15, 0.2) is 0 Å². The Balaban J connectivity index is 1.90. The van der Waals surface area contributed by atoms with Crippen LogP contribution in [0.2, 0.25) is 0 Å². The van der Waals surface area contributed by atoms with E-state index >= 15 is 0 Å². The normalized spacial score (nSPS) is 12.9. The van der Waals surface area contributed by atoms with Gasteiger partial charge in [-0.05, 0) is 42.2 Å². The highest BCUT2D eigenvalue weighted by atomic mass is 32.1. The van der Waals surface area contributed by atoms with Crippen molar-refractivity contribution >= 4 is 22.7 Å². The molecule has 2 heterocycles. The maximum absolute atomic E-state index is 9.91. The van der Waals surface area contributed by atoms with Crippen LogP contribution in [0.25, 0.3) is 0 Å². The largest absolute Gasteiger partial charge is 0.388 e. The second-order valence-corrected chi connectivity index (χ2v) is 5.51. The van der Waals surface area contributed by atoms with Crippen LogP contribution in [0.15, 0.2) is 23.0 Å². The number of aliphatic hydroxyl groups excluding tert-OH is 1. The first-order valence-electron chi connectivity index (χ1n) is 4.87. The van der Waals surface area contributed by atoms with Gasteiger partial charge in [-0.15, -0.1) is 11.3 Å². The first-order valence-corrected chi connectivity index (χ1v) is 6.63. The fourth-order valence-electron chi connectivity index (χ4n) is 1.41. The fraction of sp³-hybridized carbons (Fsp3) is 0.364. The van der Waals surface area contributed by atoms with Crippen molar-refractivity contribution in [1.82, 2.24) is 4.98 Å². The average Bonchev–Trinajstić information content (AvgIpc) is 2.84. The molecule has 1 unspecified atom stereocenters. The number of aromatic nitrogens is 1. The molecule has 2 nitrogen and oxygen atoms in total. The molecule has 0 aliphatic carbocycles. The predicted molar refractivity (Wildman–Crippen MR) is 64.5 cm³/mol. The van der Waals surface area contributed by atoms with E-state index in [0.29, 0.717) is 0 Å². The topological polar surface area (TPSA) is 33.1 Å².